The van der Waals surface area contributed by atoms with Crippen LogP contribution in [0.25, 0.3) is 0 Å². The molecule has 1 aliphatic heterocycles. The second-order valence-electron chi connectivity index (χ2n) is 6.67. The second kappa shape index (κ2) is 6.05. The second-order valence-corrected chi connectivity index (χ2v) is 8.50. The molecule has 1 N–H and O–H groups in total. The smallest absolute Gasteiger partial charge is 0.265 e. The van der Waals surface area contributed by atoms with Gasteiger partial charge in [0, 0.05) is 23.2 Å². The van der Waals surface area contributed by atoms with Crippen LogP contribution in [0.15, 0.2) is 40.6 Å². The van der Waals surface area contributed by atoms with Crippen LogP contribution in [0.1, 0.15) is 45.0 Å². The van der Waals surface area contributed by atoms with E-state index in [-0.39, 0.29) is 34.3 Å². The number of hydrogen-bond donors (Lipinski definition) is 1. The molecule has 0 spiro atoms. The van der Waals surface area contributed by atoms with Crippen LogP contribution in [0.3, 0.4) is 0 Å². The Kier molecular flexibility index (Phi) is 4.59. The van der Waals surface area contributed by atoms with Crippen molar-refractivity contribution in [2.45, 2.75) is 39.5 Å². The highest BCUT2D eigenvalue weighted by molar-refractivity contribution is 7.89. The van der Waals surface area contributed by atoms with E-state index in [1.54, 1.807) is 46.8 Å². The number of nitrogens with one attached hydrogen (secondary N) is 1. The van der Waals surface area contributed by atoms with Crippen LogP contribution in [0.5, 0.6) is 0 Å². The number of ketones is 1. The number of Topliss-reactive ketones (excluding diaryl/α,β-unsaturated/α-hetero) is 1. The standard InChI is InChI=1S/C17H22N2O4S/c1-6-19-14(11(2)18-16(21)17(3,4)5)15(20)12-9-7-8-10-13(12)24(19,22)23/h7-10H,6H2,1-5H3,(H,18,21)/b14-11-. The van der Waals surface area contributed by atoms with E-state index in [1.807, 2.05) is 0 Å². The van der Waals surface area contributed by atoms with Crippen molar-refractivity contribution in [1.29, 1.82) is 0 Å². The van der Waals surface area contributed by atoms with Gasteiger partial charge in [0.25, 0.3) is 10.0 Å². The fraction of sp³-hybridized carbons (Fsp3) is 0.412. The van der Waals surface area contributed by atoms with Crippen LogP contribution in [0.4, 0.5) is 0 Å². The molecule has 0 aromatic heterocycles. The average molecular weight is 350 g/mol. The van der Waals surface area contributed by atoms with Gasteiger partial charge in [-0.2, -0.15) is 0 Å². The van der Waals surface area contributed by atoms with Crippen molar-refractivity contribution in [3.63, 3.8) is 0 Å². The van der Waals surface area contributed by atoms with Crippen molar-refractivity contribution < 1.29 is 18.0 Å². The van der Waals surface area contributed by atoms with Gasteiger partial charge >= 0.3 is 0 Å². The van der Waals surface area contributed by atoms with Crippen molar-refractivity contribution in [3.8, 4) is 0 Å². The lowest BCUT2D eigenvalue weighted by atomic mass is 9.95. The lowest BCUT2D eigenvalue weighted by molar-refractivity contribution is -0.127. The Morgan fingerprint density at radius 3 is 2.33 bits per heavy atom. The third-order valence-corrected chi connectivity index (χ3v) is 5.72. The molecule has 1 aromatic carbocycles. The fourth-order valence-corrected chi connectivity index (χ4v) is 4.19. The van der Waals surface area contributed by atoms with E-state index >= 15 is 0 Å². The Bertz CT molecular complexity index is 832. The normalized spacial score (nSPS) is 18.9. The maximum atomic E-state index is 12.8. The molecule has 24 heavy (non-hydrogen) atoms. The first-order chi connectivity index (χ1) is 11.0. The largest absolute Gasteiger partial charge is 0.327 e. The molecular weight excluding hydrogens is 328 g/mol. The van der Waals surface area contributed by atoms with E-state index in [1.165, 1.54) is 12.1 Å². The summed E-state index contributed by atoms with van der Waals surface area (Å²) < 4.78 is 26.7. The molecule has 7 heteroatoms. The highest BCUT2D eigenvalue weighted by Crippen LogP contribution is 2.33. The first kappa shape index (κ1) is 18.2. The molecule has 130 valence electrons. The number of benzene rings is 1. The van der Waals surface area contributed by atoms with Gasteiger partial charge in [0.15, 0.2) is 0 Å². The number of carbonyl (C=O) groups is 2. The minimum absolute atomic E-state index is 0.00412. The molecule has 0 atom stereocenters. The van der Waals surface area contributed by atoms with Crippen molar-refractivity contribution >= 4 is 21.7 Å². The van der Waals surface area contributed by atoms with Gasteiger partial charge in [-0.25, -0.2) is 8.42 Å². The maximum Gasteiger partial charge on any atom is 0.265 e. The molecule has 0 bridgehead atoms. The molecule has 0 saturated heterocycles. The van der Waals surface area contributed by atoms with Crippen molar-refractivity contribution in [2.75, 3.05) is 6.54 Å². The number of amides is 1. The number of carbonyl (C=O) groups excluding carboxylic acids is 2. The van der Waals surface area contributed by atoms with Gasteiger partial charge in [-0.15, -0.1) is 0 Å². The molecule has 1 amide bonds. The Labute approximate surface area is 142 Å². The Hall–Kier alpha value is -2.15. The molecule has 0 unspecified atom stereocenters. The van der Waals surface area contributed by atoms with E-state index in [0.717, 1.165) is 4.31 Å². The highest BCUT2D eigenvalue weighted by Gasteiger charge is 2.40. The first-order valence-electron chi connectivity index (χ1n) is 7.70. The van der Waals surface area contributed by atoms with Gasteiger partial charge < -0.3 is 5.32 Å². The monoisotopic (exact) mass is 350 g/mol. The van der Waals surface area contributed by atoms with Crippen molar-refractivity contribution in [2.24, 2.45) is 5.41 Å². The molecule has 0 fully saturated rings. The lowest BCUT2D eigenvalue weighted by Gasteiger charge is -2.32. The Morgan fingerprint density at radius 2 is 1.79 bits per heavy atom. The van der Waals surface area contributed by atoms with Crippen LogP contribution in [0.2, 0.25) is 0 Å². The van der Waals surface area contributed by atoms with E-state index in [4.69, 9.17) is 0 Å². The van der Waals surface area contributed by atoms with Crippen molar-refractivity contribution in [1.82, 2.24) is 9.62 Å². The predicted molar refractivity (Wildman–Crippen MR) is 90.6 cm³/mol. The summed E-state index contributed by atoms with van der Waals surface area (Å²) in [5.41, 5.74) is -0.303. The van der Waals surface area contributed by atoms with E-state index in [9.17, 15) is 18.0 Å². The molecule has 1 heterocycles. The van der Waals surface area contributed by atoms with Crippen LogP contribution in [-0.4, -0.2) is 31.0 Å². The zero-order valence-electron chi connectivity index (χ0n) is 14.5. The zero-order chi connectivity index (χ0) is 18.3. The highest BCUT2D eigenvalue weighted by atomic mass is 32.2. The number of allylic oxidation sites excluding steroid dienone is 2. The summed E-state index contributed by atoms with van der Waals surface area (Å²) in [6.07, 6.45) is 0. The summed E-state index contributed by atoms with van der Waals surface area (Å²) in [5, 5.41) is 2.67. The number of likely N-dealkylation sites (N-methyl/N-ethyl adjacent to an activating group) is 1. The third kappa shape index (κ3) is 2.96. The average Bonchev–Trinajstić information content (AvgIpc) is 2.49. The number of nitrogens with zero attached hydrogens (tertiary/aromatic N) is 1. The predicted octanol–water partition coefficient (Wildman–Crippen LogP) is 2.29. The molecule has 1 aliphatic rings. The molecule has 6 nitrogen and oxygen atoms in total. The van der Waals surface area contributed by atoms with Crippen LogP contribution < -0.4 is 5.32 Å². The first-order valence-corrected chi connectivity index (χ1v) is 9.14. The molecule has 0 saturated carbocycles. The summed E-state index contributed by atoms with van der Waals surface area (Å²) in [6.45, 7) is 8.52. The lowest BCUT2D eigenvalue weighted by Crippen LogP contribution is -2.42. The topological polar surface area (TPSA) is 83.6 Å². The van der Waals surface area contributed by atoms with Gasteiger partial charge in [-0.1, -0.05) is 32.9 Å². The van der Waals surface area contributed by atoms with Gasteiger partial charge in [0.1, 0.15) is 5.70 Å². The summed E-state index contributed by atoms with van der Waals surface area (Å²) in [7, 11) is -3.83. The van der Waals surface area contributed by atoms with Gasteiger partial charge in [0.2, 0.25) is 11.7 Å². The van der Waals surface area contributed by atoms with Gasteiger partial charge in [-0.3, -0.25) is 13.9 Å². The fourth-order valence-electron chi connectivity index (χ4n) is 2.46. The third-order valence-electron chi connectivity index (χ3n) is 3.79. The molecule has 1 aromatic rings. The summed E-state index contributed by atoms with van der Waals surface area (Å²) >= 11 is 0. The summed E-state index contributed by atoms with van der Waals surface area (Å²) in [6, 6.07) is 6.11. The van der Waals surface area contributed by atoms with Crippen LogP contribution in [-0.2, 0) is 14.8 Å². The minimum atomic E-state index is -3.83. The molecule has 2 rings (SSSR count). The van der Waals surface area contributed by atoms with Gasteiger partial charge in [-0.05, 0) is 26.0 Å². The quantitative estimate of drug-likeness (QED) is 0.830. The number of fused-ring (bicyclic) bond motifs is 1. The zero-order valence-corrected chi connectivity index (χ0v) is 15.3. The van der Waals surface area contributed by atoms with Crippen LogP contribution >= 0.6 is 0 Å². The maximum absolute atomic E-state index is 12.8. The molecule has 0 radical (unpaired) electrons. The number of sulfonamides is 1. The van der Waals surface area contributed by atoms with Crippen molar-refractivity contribution in [3.05, 3.63) is 41.2 Å². The summed E-state index contributed by atoms with van der Waals surface area (Å²) in [4.78, 5) is 25.0. The minimum Gasteiger partial charge on any atom is -0.327 e. The van der Waals surface area contributed by atoms with E-state index < -0.39 is 21.2 Å². The number of hydrogen-bond acceptors (Lipinski definition) is 4. The Morgan fingerprint density at radius 1 is 1.21 bits per heavy atom. The Balaban J connectivity index is 2.64. The van der Waals surface area contributed by atoms with E-state index in [0.29, 0.717) is 0 Å². The molecule has 0 aliphatic carbocycles. The SMILES string of the molecule is CCN1/C(=C(/C)NC(=O)C(C)(C)C)C(=O)c2ccccc2S1(=O)=O. The molecular formula is C17H22N2O4S. The van der Waals surface area contributed by atoms with Crippen LogP contribution in [0, 0.1) is 5.41 Å². The summed E-state index contributed by atoms with van der Waals surface area (Å²) in [5.74, 6) is -0.693. The van der Waals surface area contributed by atoms with Gasteiger partial charge in [0.05, 0.1) is 4.90 Å². The number of rotatable bonds is 2. The van der Waals surface area contributed by atoms with E-state index in [2.05, 4.69) is 5.32 Å².